The lowest BCUT2D eigenvalue weighted by Gasteiger charge is -2.38. The standard InChI is InChI=1S/C20H21ClF4O2.C3H8/c1-18(2,16-10-15(22)8-9-17(16)27-3)12-19(26,20(23,24)25)11-13-4-6-14(21)7-5-13;1-3-2/h4-10,26H,11-12H2,1-3H3;3H2,1-2H3. The molecule has 0 amide bonds. The zero-order valence-corrected chi connectivity index (χ0v) is 18.7. The van der Waals surface area contributed by atoms with Gasteiger partial charge in [0, 0.05) is 17.0 Å². The minimum atomic E-state index is -4.88. The van der Waals surface area contributed by atoms with Crippen molar-refractivity contribution in [2.75, 3.05) is 7.11 Å². The van der Waals surface area contributed by atoms with Crippen molar-refractivity contribution >= 4 is 11.6 Å². The van der Waals surface area contributed by atoms with Gasteiger partial charge < -0.3 is 9.84 Å². The Morgan fingerprint density at radius 1 is 1.00 bits per heavy atom. The fourth-order valence-electron chi connectivity index (χ4n) is 3.24. The molecular weight excluding hydrogens is 420 g/mol. The largest absolute Gasteiger partial charge is 0.496 e. The van der Waals surface area contributed by atoms with Crippen LogP contribution < -0.4 is 4.74 Å². The number of hydrogen-bond acceptors (Lipinski definition) is 2. The second-order valence-electron chi connectivity index (χ2n) is 7.94. The maximum Gasteiger partial charge on any atom is 0.417 e. The number of alkyl halides is 3. The van der Waals surface area contributed by atoms with Gasteiger partial charge in [0.15, 0.2) is 5.60 Å². The van der Waals surface area contributed by atoms with Gasteiger partial charge in [-0.25, -0.2) is 4.39 Å². The highest BCUT2D eigenvalue weighted by atomic mass is 35.5. The summed E-state index contributed by atoms with van der Waals surface area (Å²) in [6, 6.07) is 9.48. The zero-order chi connectivity index (χ0) is 23.2. The van der Waals surface area contributed by atoms with Crippen molar-refractivity contribution in [2.24, 2.45) is 0 Å². The first kappa shape index (κ1) is 26.2. The van der Waals surface area contributed by atoms with Gasteiger partial charge in [-0.3, -0.25) is 0 Å². The molecule has 30 heavy (non-hydrogen) atoms. The predicted octanol–water partition coefficient (Wildman–Crippen LogP) is 7.11. The monoisotopic (exact) mass is 448 g/mol. The number of ether oxygens (including phenoxy) is 1. The molecule has 0 heterocycles. The molecule has 2 nitrogen and oxygen atoms in total. The molecule has 168 valence electrons. The summed E-state index contributed by atoms with van der Waals surface area (Å²) in [7, 11) is 1.36. The molecule has 0 aromatic heterocycles. The Morgan fingerprint density at radius 2 is 1.53 bits per heavy atom. The van der Waals surface area contributed by atoms with E-state index >= 15 is 0 Å². The van der Waals surface area contributed by atoms with Crippen molar-refractivity contribution in [2.45, 2.75) is 64.1 Å². The van der Waals surface area contributed by atoms with Crippen LogP contribution in [0.15, 0.2) is 42.5 Å². The van der Waals surface area contributed by atoms with Gasteiger partial charge in [-0.1, -0.05) is 57.8 Å². The Labute approximate surface area is 180 Å². The van der Waals surface area contributed by atoms with E-state index in [-0.39, 0.29) is 11.3 Å². The first-order chi connectivity index (χ1) is 13.8. The van der Waals surface area contributed by atoms with Crippen molar-refractivity contribution in [3.8, 4) is 5.75 Å². The highest BCUT2D eigenvalue weighted by molar-refractivity contribution is 6.30. The third-order valence-electron chi connectivity index (χ3n) is 4.56. The van der Waals surface area contributed by atoms with Gasteiger partial charge in [0.1, 0.15) is 11.6 Å². The third kappa shape index (κ3) is 6.88. The molecule has 0 saturated heterocycles. The van der Waals surface area contributed by atoms with Gasteiger partial charge >= 0.3 is 6.18 Å². The van der Waals surface area contributed by atoms with Crippen LogP contribution in [-0.4, -0.2) is 24.0 Å². The van der Waals surface area contributed by atoms with E-state index < -0.39 is 35.9 Å². The lowest BCUT2D eigenvalue weighted by molar-refractivity contribution is -0.266. The molecule has 2 rings (SSSR count). The summed E-state index contributed by atoms with van der Waals surface area (Å²) in [4.78, 5) is 0. The van der Waals surface area contributed by atoms with Crippen molar-refractivity contribution < 1.29 is 27.4 Å². The summed E-state index contributed by atoms with van der Waals surface area (Å²) in [6.45, 7) is 7.28. The molecule has 0 bridgehead atoms. The van der Waals surface area contributed by atoms with Gasteiger partial charge in [-0.2, -0.15) is 13.2 Å². The van der Waals surface area contributed by atoms with Crippen LogP contribution in [0.4, 0.5) is 17.6 Å². The second-order valence-corrected chi connectivity index (χ2v) is 8.38. The topological polar surface area (TPSA) is 29.5 Å². The van der Waals surface area contributed by atoms with E-state index in [1.165, 1.54) is 63.8 Å². The molecule has 0 saturated carbocycles. The highest BCUT2D eigenvalue weighted by Gasteiger charge is 2.56. The van der Waals surface area contributed by atoms with Crippen LogP contribution in [0.5, 0.6) is 5.75 Å². The average molecular weight is 449 g/mol. The molecule has 2 aromatic rings. The quantitative estimate of drug-likeness (QED) is 0.477. The number of aliphatic hydroxyl groups is 1. The van der Waals surface area contributed by atoms with E-state index in [1.54, 1.807) is 0 Å². The Hall–Kier alpha value is -1.79. The molecule has 0 aliphatic rings. The predicted molar refractivity (Wildman–Crippen MR) is 113 cm³/mol. The molecule has 0 aliphatic heterocycles. The van der Waals surface area contributed by atoms with Crippen molar-refractivity contribution in [3.63, 3.8) is 0 Å². The molecule has 0 radical (unpaired) electrons. The molecule has 0 fully saturated rings. The number of benzene rings is 2. The van der Waals surface area contributed by atoms with E-state index in [0.717, 1.165) is 6.07 Å². The Balaban J connectivity index is 0.00000141. The molecule has 0 aliphatic carbocycles. The molecule has 7 heteroatoms. The number of hydrogen-bond donors (Lipinski definition) is 1. The lowest BCUT2D eigenvalue weighted by Crippen LogP contribution is -2.50. The van der Waals surface area contributed by atoms with E-state index in [4.69, 9.17) is 16.3 Å². The normalized spacial score (nSPS) is 13.8. The van der Waals surface area contributed by atoms with Gasteiger partial charge in [-0.15, -0.1) is 0 Å². The first-order valence-corrected chi connectivity index (χ1v) is 10.0. The summed E-state index contributed by atoms with van der Waals surface area (Å²) in [5.74, 6) is -0.329. The average Bonchev–Trinajstić information content (AvgIpc) is 2.63. The fraction of sp³-hybridized carbons (Fsp3) is 0.478. The molecule has 1 N–H and O–H groups in total. The van der Waals surface area contributed by atoms with Crippen LogP contribution in [0.1, 0.15) is 51.7 Å². The molecule has 1 unspecified atom stereocenters. The Kier molecular flexibility index (Phi) is 9.18. The molecule has 2 aromatic carbocycles. The van der Waals surface area contributed by atoms with Gasteiger partial charge in [-0.05, 0) is 47.7 Å². The smallest absolute Gasteiger partial charge is 0.417 e. The van der Waals surface area contributed by atoms with Gasteiger partial charge in [0.05, 0.1) is 7.11 Å². The SMILES string of the molecule is CCC.COc1ccc(F)cc1C(C)(C)CC(O)(Cc1ccc(Cl)cc1)C(F)(F)F. The second kappa shape index (κ2) is 10.5. The number of rotatable bonds is 6. The molecular formula is C23H29ClF4O2. The molecule has 0 spiro atoms. The van der Waals surface area contributed by atoms with Crippen molar-refractivity contribution in [1.82, 2.24) is 0 Å². The maximum absolute atomic E-state index is 13.8. The van der Waals surface area contributed by atoms with Crippen LogP contribution in [0.3, 0.4) is 0 Å². The van der Waals surface area contributed by atoms with Crippen LogP contribution in [0, 0.1) is 5.82 Å². The number of halogens is 5. The van der Waals surface area contributed by atoms with Crippen molar-refractivity contribution in [1.29, 1.82) is 0 Å². The third-order valence-corrected chi connectivity index (χ3v) is 4.81. The van der Waals surface area contributed by atoms with E-state index in [9.17, 15) is 22.7 Å². The first-order valence-electron chi connectivity index (χ1n) is 9.67. The minimum absolute atomic E-state index is 0.254. The highest BCUT2D eigenvalue weighted by Crippen LogP contribution is 2.45. The zero-order valence-electron chi connectivity index (χ0n) is 17.9. The summed E-state index contributed by atoms with van der Waals surface area (Å²) in [6.07, 6.45) is -4.95. The van der Waals surface area contributed by atoms with E-state index in [0.29, 0.717) is 10.6 Å². The van der Waals surface area contributed by atoms with Crippen LogP contribution in [0.25, 0.3) is 0 Å². The fourth-order valence-corrected chi connectivity index (χ4v) is 3.36. The van der Waals surface area contributed by atoms with Crippen LogP contribution in [-0.2, 0) is 11.8 Å². The molecule has 1 atom stereocenters. The van der Waals surface area contributed by atoms with Crippen molar-refractivity contribution in [3.05, 3.63) is 64.4 Å². The lowest BCUT2D eigenvalue weighted by atomic mass is 9.72. The minimum Gasteiger partial charge on any atom is -0.496 e. The summed E-state index contributed by atoms with van der Waals surface area (Å²) >= 11 is 5.77. The van der Waals surface area contributed by atoms with Gasteiger partial charge in [0.25, 0.3) is 0 Å². The maximum atomic E-state index is 13.8. The Bertz CT molecular complexity index is 804. The Morgan fingerprint density at radius 3 is 2.00 bits per heavy atom. The van der Waals surface area contributed by atoms with E-state index in [2.05, 4.69) is 13.8 Å². The summed E-state index contributed by atoms with van der Waals surface area (Å²) in [5.41, 5.74) is -3.68. The number of methoxy groups -OCH3 is 1. The van der Waals surface area contributed by atoms with Gasteiger partial charge in [0.2, 0.25) is 0 Å². The van der Waals surface area contributed by atoms with E-state index in [1.807, 2.05) is 0 Å². The summed E-state index contributed by atoms with van der Waals surface area (Å²) < 4.78 is 60.3. The van der Waals surface area contributed by atoms with Crippen LogP contribution >= 0.6 is 11.6 Å². The summed E-state index contributed by atoms with van der Waals surface area (Å²) in [5, 5.41) is 11.0. The van der Waals surface area contributed by atoms with Crippen LogP contribution in [0.2, 0.25) is 5.02 Å².